The molecule has 21 heavy (non-hydrogen) atoms. The quantitative estimate of drug-likeness (QED) is 0.648. The minimum Gasteiger partial charge on any atom is -0.399 e. The second-order valence-corrected chi connectivity index (χ2v) is 7.03. The van der Waals surface area contributed by atoms with Crippen molar-refractivity contribution in [2.24, 2.45) is 17.8 Å². The van der Waals surface area contributed by atoms with E-state index in [0.717, 1.165) is 23.1 Å². The number of rotatable bonds is 1. The number of nitrogens with two attached hydrogens (primary N) is 1. The molecule has 2 amide bonds. The molecule has 108 valence electrons. The van der Waals surface area contributed by atoms with E-state index in [1.807, 2.05) is 12.1 Å². The number of nitrogens with zero attached hydrogens (tertiary/aromatic N) is 2. The molecule has 1 aliphatic carbocycles. The first kappa shape index (κ1) is 12.8. The van der Waals surface area contributed by atoms with Gasteiger partial charge in [-0.3, -0.25) is 9.59 Å². The Kier molecular flexibility index (Phi) is 2.60. The van der Waals surface area contributed by atoms with Crippen molar-refractivity contribution in [2.45, 2.75) is 19.8 Å². The highest BCUT2D eigenvalue weighted by Crippen LogP contribution is 2.45. The summed E-state index contributed by atoms with van der Waals surface area (Å²) in [6, 6.07) is 5.42. The van der Waals surface area contributed by atoms with Gasteiger partial charge in [-0.15, -0.1) is 0 Å². The third kappa shape index (κ3) is 1.78. The number of nitrogen functional groups attached to an aromatic ring is 1. The van der Waals surface area contributed by atoms with Crippen molar-refractivity contribution in [2.75, 3.05) is 10.6 Å². The Labute approximate surface area is 125 Å². The fraction of sp³-hybridized carbons (Fsp3) is 0.400. The average molecular weight is 301 g/mol. The molecule has 5 nitrogen and oxygen atoms in total. The van der Waals surface area contributed by atoms with E-state index in [2.05, 4.69) is 11.9 Å². The van der Waals surface area contributed by atoms with Gasteiger partial charge in [-0.2, -0.15) is 0 Å². The molecule has 4 rings (SSSR count). The van der Waals surface area contributed by atoms with Crippen LogP contribution < -0.4 is 10.6 Å². The Morgan fingerprint density at radius 3 is 2.57 bits per heavy atom. The van der Waals surface area contributed by atoms with Crippen molar-refractivity contribution >= 4 is 44.2 Å². The summed E-state index contributed by atoms with van der Waals surface area (Å²) < 4.78 is 0.899. The zero-order valence-electron chi connectivity index (χ0n) is 11.6. The zero-order chi connectivity index (χ0) is 14.7. The lowest BCUT2D eigenvalue weighted by Gasteiger charge is -2.13. The van der Waals surface area contributed by atoms with Gasteiger partial charge in [0.25, 0.3) is 0 Å². The molecule has 2 N–H and O–H groups in total. The molecule has 6 heteroatoms. The first-order chi connectivity index (χ1) is 10.0. The van der Waals surface area contributed by atoms with Crippen LogP contribution in [0.5, 0.6) is 0 Å². The molecule has 2 aliphatic rings. The SMILES string of the molecule is CC1CC2C(=O)N(c3nc4ccc(N)cc4s3)C(=O)C2C1. The number of benzene rings is 1. The summed E-state index contributed by atoms with van der Waals surface area (Å²) in [6.07, 6.45) is 1.62. The van der Waals surface area contributed by atoms with Gasteiger partial charge in [0.15, 0.2) is 5.13 Å². The number of aromatic nitrogens is 1. The molecule has 1 aliphatic heterocycles. The highest BCUT2D eigenvalue weighted by molar-refractivity contribution is 7.22. The summed E-state index contributed by atoms with van der Waals surface area (Å²) in [5.74, 6) is -0.0119. The molecule has 0 spiro atoms. The number of imide groups is 1. The number of anilines is 2. The highest BCUT2D eigenvalue weighted by atomic mass is 32.1. The first-order valence-electron chi connectivity index (χ1n) is 7.08. The summed E-state index contributed by atoms with van der Waals surface area (Å²) in [7, 11) is 0. The monoisotopic (exact) mass is 301 g/mol. The van der Waals surface area contributed by atoms with Gasteiger partial charge in [0.1, 0.15) is 0 Å². The number of thiazole rings is 1. The van der Waals surface area contributed by atoms with Gasteiger partial charge in [-0.05, 0) is 37.0 Å². The topological polar surface area (TPSA) is 76.3 Å². The standard InChI is InChI=1S/C15H15N3O2S/c1-7-4-9-10(5-7)14(20)18(13(9)19)15-17-11-3-2-8(16)6-12(11)21-15/h2-3,6-7,9-10H,4-5,16H2,1H3. The molecular weight excluding hydrogens is 286 g/mol. The first-order valence-corrected chi connectivity index (χ1v) is 7.90. The summed E-state index contributed by atoms with van der Waals surface area (Å²) >= 11 is 1.35. The number of amides is 2. The normalized spacial score (nSPS) is 28.6. The molecule has 0 bridgehead atoms. The molecule has 1 saturated heterocycles. The van der Waals surface area contributed by atoms with E-state index in [0.29, 0.717) is 16.7 Å². The van der Waals surface area contributed by atoms with Crippen molar-refractivity contribution < 1.29 is 9.59 Å². The van der Waals surface area contributed by atoms with Gasteiger partial charge in [0.2, 0.25) is 11.8 Å². The summed E-state index contributed by atoms with van der Waals surface area (Å²) in [5, 5.41) is 0.479. The fourth-order valence-corrected chi connectivity index (χ4v) is 4.52. The maximum atomic E-state index is 12.5. The minimum absolute atomic E-state index is 0.0821. The van der Waals surface area contributed by atoms with Crippen molar-refractivity contribution in [1.82, 2.24) is 4.98 Å². The minimum atomic E-state index is -0.149. The van der Waals surface area contributed by atoms with Gasteiger partial charge < -0.3 is 5.73 Å². The molecule has 1 aromatic carbocycles. The molecular formula is C15H15N3O2S. The Hall–Kier alpha value is -1.95. The van der Waals surface area contributed by atoms with Crippen LogP contribution in [0.4, 0.5) is 10.8 Å². The Balaban J connectivity index is 1.75. The molecule has 2 atom stereocenters. The van der Waals surface area contributed by atoms with Gasteiger partial charge >= 0.3 is 0 Å². The molecule has 2 heterocycles. The highest BCUT2D eigenvalue weighted by Gasteiger charge is 2.53. The number of hydrogen-bond acceptors (Lipinski definition) is 5. The van der Waals surface area contributed by atoms with Crippen LogP contribution in [0.1, 0.15) is 19.8 Å². The van der Waals surface area contributed by atoms with E-state index < -0.39 is 0 Å². The summed E-state index contributed by atoms with van der Waals surface area (Å²) in [5.41, 5.74) is 7.19. The van der Waals surface area contributed by atoms with Crippen molar-refractivity contribution in [1.29, 1.82) is 0 Å². The lowest BCUT2D eigenvalue weighted by molar-refractivity contribution is -0.123. The molecule has 1 aromatic heterocycles. The van der Waals surface area contributed by atoms with Crippen LogP contribution in [-0.4, -0.2) is 16.8 Å². The number of carbonyl (C=O) groups excluding carboxylic acids is 2. The van der Waals surface area contributed by atoms with Crippen molar-refractivity contribution in [3.8, 4) is 0 Å². The van der Waals surface area contributed by atoms with Gasteiger partial charge in [0, 0.05) is 5.69 Å². The van der Waals surface area contributed by atoms with Crippen molar-refractivity contribution in [3.05, 3.63) is 18.2 Å². The van der Waals surface area contributed by atoms with Crippen LogP contribution in [0.25, 0.3) is 10.2 Å². The Bertz CT molecular complexity index is 745. The van der Waals surface area contributed by atoms with Crippen LogP contribution >= 0.6 is 11.3 Å². The van der Waals surface area contributed by atoms with E-state index in [1.54, 1.807) is 6.07 Å². The predicted molar refractivity (Wildman–Crippen MR) is 81.9 cm³/mol. The maximum absolute atomic E-state index is 12.5. The third-order valence-corrected chi connectivity index (χ3v) is 5.47. The summed E-state index contributed by atoms with van der Waals surface area (Å²) in [6.45, 7) is 2.10. The van der Waals surface area contributed by atoms with Crippen LogP contribution in [0.15, 0.2) is 18.2 Å². The van der Waals surface area contributed by atoms with Crippen LogP contribution in [-0.2, 0) is 9.59 Å². The van der Waals surface area contributed by atoms with Gasteiger partial charge in [-0.25, -0.2) is 9.88 Å². The van der Waals surface area contributed by atoms with E-state index in [4.69, 9.17) is 5.73 Å². The second-order valence-electron chi connectivity index (χ2n) is 6.03. The fourth-order valence-electron chi connectivity index (χ4n) is 3.49. The second kappa shape index (κ2) is 4.27. The number of hydrogen-bond donors (Lipinski definition) is 1. The van der Waals surface area contributed by atoms with E-state index >= 15 is 0 Å². The van der Waals surface area contributed by atoms with Crippen molar-refractivity contribution in [3.63, 3.8) is 0 Å². The van der Waals surface area contributed by atoms with Crippen LogP contribution in [0, 0.1) is 17.8 Å². The predicted octanol–water partition coefficient (Wildman–Crippen LogP) is 2.41. The van der Waals surface area contributed by atoms with Gasteiger partial charge in [0.05, 0.1) is 22.1 Å². The maximum Gasteiger partial charge on any atom is 0.239 e. The Morgan fingerprint density at radius 2 is 1.90 bits per heavy atom. The van der Waals surface area contributed by atoms with E-state index in [1.165, 1.54) is 16.2 Å². The lowest BCUT2D eigenvalue weighted by atomic mass is 10.00. The summed E-state index contributed by atoms with van der Waals surface area (Å²) in [4.78, 5) is 30.8. The number of carbonyl (C=O) groups is 2. The Morgan fingerprint density at radius 1 is 1.24 bits per heavy atom. The molecule has 0 radical (unpaired) electrons. The average Bonchev–Trinajstić information content (AvgIpc) is 3.06. The van der Waals surface area contributed by atoms with Gasteiger partial charge in [-0.1, -0.05) is 18.3 Å². The molecule has 2 fully saturated rings. The smallest absolute Gasteiger partial charge is 0.239 e. The lowest BCUT2D eigenvalue weighted by Crippen LogP contribution is -2.31. The molecule has 2 unspecified atom stereocenters. The van der Waals surface area contributed by atoms with E-state index in [-0.39, 0.29) is 23.7 Å². The zero-order valence-corrected chi connectivity index (χ0v) is 12.4. The van der Waals surface area contributed by atoms with Crippen LogP contribution in [0.3, 0.4) is 0 Å². The third-order valence-electron chi connectivity index (χ3n) is 4.47. The van der Waals surface area contributed by atoms with E-state index in [9.17, 15) is 9.59 Å². The molecule has 1 saturated carbocycles. The molecule has 2 aromatic rings. The number of fused-ring (bicyclic) bond motifs is 2. The van der Waals surface area contributed by atoms with Crippen LogP contribution in [0.2, 0.25) is 0 Å². The largest absolute Gasteiger partial charge is 0.399 e.